The lowest BCUT2D eigenvalue weighted by atomic mass is 9.88. The second kappa shape index (κ2) is 12.0. The molecule has 0 aromatic heterocycles. The average molecular weight is 566 g/mol. The van der Waals surface area contributed by atoms with Gasteiger partial charge in [0.2, 0.25) is 10.0 Å². The molecule has 3 aromatic rings. The summed E-state index contributed by atoms with van der Waals surface area (Å²) in [4.78, 5) is 2.24. The fourth-order valence-corrected chi connectivity index (χ4v) is 6.41. The molecule has 0 aliphatic carbocycles. The largest absolute Gasteiger partial charge is 0.496 e. The van der Waals surface area contributed by atoms with Crippen LogP contribution in [-0.4, -0.2) is 46.6 Å². The Morgan fingerprint density at radius 3 is 2.39 bits per heavy atom. The third-order valence-corrected chi connectivity index (χ3v) is 8.62. The number of para-hydroxylation sites is 1. The van der Waals surface area contributed by atoms with E-state index < -0.39 is 10.0 Å². The number of methoxy groups -OCH3 is 1. The van der Waals surface area contributed by atoms with Gasteiger partial charge in [-0.2, -0.15) is 0 Å². The lowest BCUT2D eigenvalue weighted by molar-refractivity contribution is 0.261. The highest BCUT2D eigenvalue weighted by Gasteiger charge is 2.22. The molecule has 1 aliphatic rings. The molecular weight excluding hydrogens is 539 g/mol. The molecule has 0 unspecified atom stereocenters. The molecular formula is C27H27Cl3N2O3S. The topological polar surface area (TPSA) is 58.6 Å². The van der Waals surface area contributed by atoms with Crippen LogP contribution in [0.15, 0.2) is 77.2 Å². The van der Waals surface area contributed by atoms with Crippen molar-refractivity contribution in [1.82, 2.24) is 9.62 Å². The summed E-state index contributed by atoms with van der Waals surface area (Å²) in [7, 11) is -2.07. The van der Waals surface area contributed by atoms with Gasteiger partial charge in [-0.05, 0) is 60.4 Å². The summed E-state index contributed by atoms with van der Waals surface area (Å²) in [5.74, 6) is 0.816. The van der Waals surface area contributed by atoms with Crippen molar-refractivity contribution in [2.45, 2.75) is 17.7 Å². The maximum Gasteiger partial charge on any atom is 0.242 e. The van der Waals surface area contributed by atoms with E-state index in [1.165, 1.54) is 17.7 Å². The SMILES string of the molecule is COc1ccccc1C(=C1CCN(CCNS(=O)(=O)c2cc(Cl)ccc2Cl)CC1)c1cccc(Cl)c1. The number of likely N-dealkylation sites (tertiary alicyclic amines) is 1. The summed E-state index contributed by atoms with van der Waals surface area (Å²) in [6.07, 6.45) is 1.71. The van der Waals surface area contributed by atoms with E-state index in [1.54, 1.807) is 13.2 Å². The maximum absolute atomic E-state index is 12.7. The number of benzene rings is 3. The van der Waals surface area contributed by atoms with Crippen molar-refractivity contribution < 1.29 is 13.2 Å². The van der Waals surface area contributed by atoms with Gasteiger partial charge >= 0.3 is 0 Å². The quantitative estimate of drug-likeness (QED) is 0.337. The predicted molar refractivity (Wildman–Crippen MR) is 148 cm³/mol. The zero-order valence-corrected chi connectivity index (χ0v) is 22.9. The molecule has 0 saturated carbocycles. The van der Waals surface area contributed by atoms with Crippen LogP contribution in [0.5, 0.6) is 5.75 Å². The van der Waals surface area contributed by atoms with E-state index in [-0.39, 0.29) is 16.5 Å². The smallest absolute Gasteiger partial charge is 0.242 e. The van der Waals surface area contributed by atoms with E-state index in [2.05, 4.69) is 21.8 Å². The lowest BCUT2D eigenvalue weighted by Gasteiger charge is -2.30. The van der Waals surface area contributed by atoms with Gasteiger partial charge in [0.25, 0.3) is 0 Å². The molecule has 1 heterocycles. The summed E-state index contributed by atoms with van der Waals surface area (Å²) < 4.78 is 33.7. The highest BCUT2D eigenvalue weighted by molar-refractivity contribution is 7.89. The second-order valence-electron chi connectivity index (χ2n) is 8.50. The van der Waals surface area contributed by atoms with Crippen LogP contribution < -0.4 is 9.46 Å². The molecule has 1 saturated heterocycles. The van der Waals surface area contributed by atoms with Crippen LogP contribution in [0.25, 0.3) is 5.57 Å². The van der Waals surface area contributed by atoms with Gasteiger partial charge in [-0.1, -0.05) is 70.7 Å². The minimum absolute atomic E-state index is 0.0106. The van der Waals surface area contributed by atoms with Crippen molar-refractivity contribution in [1.29, 1.82) is 0 Å². The zero-order chi connectivity index (χ0) is 25.7. The normalized spacial score (nSPS) is 14.6. The molecule has 5 nitrogen and oxygen atoms in total. The van der Waals surface area contributed by atoms with Gasteiger partial charge in [0.15, 0.2) is 0 Å². The molecule has 1 fully saturated rings. The number of ether oxygens (including phenoxy) is 1. The summed E-state index contributed by atoms with van der Waals surface area (Å²) in [5, 5.41) is 1.15. The van der Waals surface area contributed by atoms with Crippen LogP contribution in [0.1, 0.15) is 24.0 Å². The number of halogens is 3. The Kier molecular flexibility index (Phi) is 8.99. The number of nitrogens with zero attached hydrogens (tertiary/aromatic N) is 1. The first-order valence-corrected chi connectivity index (χ1v) is 14.2. The fraction of sp³-hybridized carbons (Fsp3) is 0.259. The standard InChI is InChI=1S/C27H27Cl3N2O3S/c1-35-25-8-3-2-7-23(25)27(20-5-4-6-21(28)17-20)19-11-14-32(15-12-19)16-13-31-36(33,34)26-18-22(29)9-10-24(26)30/h2-10,17-18,31H,11-16H2,1H3. The van der Waals surface area contributed by atoms with Gasteiger partial charge in [-0.15, -0.1) is 0 Å². The Labute approximate surface area is 227 Å². The van der Waals surface area contributed by atoms with Gasteiger partial charge in [0.1, 0.15) is 10.6 Å². The Bertz CT molecular complexity index is 1370. The molecule has 9 heteroatoms. The van der Waals surface area contributed by atoms with Crippen LogP contribution in [0.3, 0.4) is 0 Å². The molecule has 4 rings (SSSR count). The van der Waals surface area contributed by atoms with Gasteiger partial charge < -0.3 is 9.64 Å². The van der Waals surface area contributed by atoms with E-state index in [0.717, 1.165) is 48.4 Å². The minimum atomic E-state index is -3.75. The van der Waals surface area contributed by atoms with Crippen LogP contribution in [0, 0.1) is 0 Å². The number of sulfonamides is 1. The Morgan fingerprint density at radius 2 is 1.67 bits per heavy atom. The van der Waals surface area contributed by atoms with Crippen molar-refractivity contribution in [2.24, 2.45) is 0 Å². The van der Waals surface area contributed by atoms with Crippen molar-refractivity contribution in [3.8, 4) is 5.75 Å². The number of hydrogen-bond donors (Lipinski definition) is 1. The van der Waals surface area contributed by atoms with E-state index in [9.17, 15) is 8.42 Å². The summed E-state index contributed by atoms with van der Waals surface area (Å²) in [6, 6.07) is 20.3. The first kappa shape index (κ1) is 27.0. The van der Waals surface area contributed by atoms with E-state index in [0.29, 0.717) is 16.6 Å². The zero-order valence-electron chi connectivity index (χ0n) is 19.8. The summed E-state index contributed by atoms with van der Waals surface area (Å²) in [5.41, 5.74) is 4.56. The molecule has 0 spiro atoms. The van der Waals surface area contributed by atoms with Crippen LogP contribution in [-0.2, 0) is 10.0 Å². The van der Waals surface area contributed by atoms with Crippen molar-refractivity contribution >= 4 is 50.4 Å². The molecule has 0 bridgehead atoms. The number of hydrogen-bond acceptors (Lipinski definition) is 4. The van der Waals surface area contributed by atoms with Crippen LogP contribution >= 0.6 is 34.8 Å². The third-order valence-electron chi connectivity index (χ3n) is 6.21. The molecule has 0 atom stereocenters. The number of rotatable bonds is 8. The predicted octanol–water partition coefficient (Wildman–Crippen LogP) is 6.53. The Hall–Kier alpha value is -2.06. The van der Waals surface area contributed by atoms with Gasteiger partial charge in [0, 0.05) is 41.8 Å². The monoisotopic (exact) mass is 564 g/mol. The average Bonchev–Trinajstić information content (AvgIpc) is 2.87. The van der Waals surface area contributed by atoms with E-state index in [4.69, 9.17) is 39.5 Å². The summed E-state index contributed by atoms with van der Waals surface area (Å²) in [6.45, 7) is 2.49. The highest BCUT2D eigenvalue weighted by atomic mass is 35.5. The third kappa shape index (κ3) is 6.43. The molecule has 0 amide bonds. The molecule has 36 heavy (non-hydrogen) atoms. The first-order valence-electron chi connectivity index (χ1n) is 11.6. The van der Waals surface area contributed by atoms with Gasteiger partial charge in [0.05, 0.1) is 12.1 Å². The van der Waals surface area contributed by atoms with Crippen LogP contribution in [0.2, 0.25) is 15.1 Å². The van der Waals surface area contributed by atoms with Crippen molar-refractivity contribution in [3.05, 3.63) is 98.5 Å². The van der Waals surface area contributed by atoms with E-state index in [1.807, 2.05) is 36.4 Å². The van der Waals surface area contributed by atoms with Gasteiger partial charge in [-0.25, -0.2) is 13.1 Å². The minimum Gasteiger partial charge on any atom is -0.496 e. The molecule has 190 valence electrons. The molecule has 1 N–H and O–H groups in total. The fourth-order valence-electron chi connectivity index (χ4n) is 4.44. The lowest BCUT2D eigenvalue weighted by Crippen LogP contribution is -2.38. The first-order chi connectivity index (χ1) is 17.3. The van der Waals surface area contributed by atoms with Crippen LogP contribution in [0.4, 0.5) is 0 Å². The Balaban J connectivity index is 1.47. The van der Waals surface area contributed by atoms with Crippen molar-refractivity contribution in [3.63, 3.8) is 0 Å². The number of nitrogens with one attached hydrogen (secondary N) is 1. The molecule has 0 radical (unpaired) electrons. The van der Waals surface area contributed by atoms with Crippen molar-refractivity contribution in [2.75, 3.05) is 33.3 Å². The number of piperidine rings is 1. The maximum atomic E-state index is 12.7. The molecule has 3 aromatic carbocycles. The Morgan fingerprint density at radius 1 is 0.944 bits per heavy atom. The molecule has 1 aliphatic heterocycles. The van der Waals surface area contributed by atoms with E-state index >= 15 is 0 Å². The highest BCUT2D eigenvalue weighted by Crippen LogP contribution is 2.37. The van der Waals surface area contributed by atoms with Gasteiger partial charge in [-0.3, -0.25) is 0 Å². The summed E-state index contributed by atoms with van der Waals surface area (Å²) >= 11 is 18.4. The second-order valence-corrected chi connectivity index (χ2v) is 11.5.